The van der Waals surface area contributed by atoms with Crippen LogP contribution in [0.1, 0.15) is 44.6 Å². The van der Waals surface area contributed by atoms with Crippen molar-refractivity contribution in [2.75, 3.05) is 13.6 Å². The third kappa shape index (κ3) is 6.42. The predicted octanol–water partition coefficient (Wildman–Crippen LogP) is 4.69. The molecule has 0 saturated heterocycles. The summed E-state index contributed by atoms with van der Waals surface area (Å²) >= 11 is 6.04. The number of unbranched alkanes of at least 4 members (excludes halogenated alkanes) is 3. The molecule has 0 spiro atoms. The van der Waals surface area contributed by atoms with Crippen molar-refractivity contribution in [2.24, 2.45) is 5.92 Å². The Balaban J connectivity index is 2.41. The van der Waals surface area contributed by atoms with Crippen LogP contribution in [0.15, 0.2) is 24.3 Å². The fourth-order valence-electron chi connectivity index (χ4n) is 2.42. The van der Waals surface area contributed by atoms with Gasteiger partial charge in [0.1, 0.15) is 0 Å². The van der Waals surface area contributed by atoms with E-state index in [-0.39, 0.29) is 0 Å². The summed E-state index contributed by atoms with van der Waals surface area (Å²) < 4.78 is 0. The molecule has 0 aliphatic rings. The molecule has 0 amide bonds. The molecule has 1 rings (SSSR count). The van der Waals surface area contributed by atoms with E-state index in [0.29, 0.717) is 0 Å². The highest BCUT2D eigenvalue weighted by Crippen LogP contribution is 2.18. The number of hydrogen-bond donors (Lipinski definition) is 1. The van der Waals surface area contributed by atoms with Crippen LogP contribution < -0.4 is 5.32 Å². The molecule has 102 valence electrons. The smallest absolute Gasteiger partial charge is 0.0408 e. The maximum Gasteiger partial charge on any atom is 0.0408 e. The van der Waals surface area contributed by atoms with Gasteiger partial charge in [-0.15, -0.1) is 0 Å². The highest BCUT2D eigenvalue weighted by molar-refractivity contribution is 6.30. The van der Waals surface area contributed by atoms with Crippen molar-refractivity contribution in [1.29, 1.82) is 0 Å². The Bertz CT molecular complexity index is 325. The number of benzene rings is 1. The Hall–Kier alpha value is -0.530. The molecule has 0 heterocycles. The average molecular weight is 268 g/mol. The second kappa shape index (κ2) is 9.41. The molecule has 18 heavy (non-hydrogen) atoms. The summed E-state index contributed by atoms with van der Waals surface area (Å²) in [5.41, 5.74) is 1.36. The summed E-state index contributed by atoms with van der Waals surface area (Å²) in [6, 6.07) is 8.27. The minimum absolute atomic E-state index is 0.727. The van der Waals surface area contributed by atoms with Gasteiger partial charge in [0.15, 0.2) is 0 Å². The summed E-state index contributed by atoms with van der Waals surface area (Å²) in [5, 5.41) is 4.16. The van der Waals surface area contributed by atoms with Gasteiger partial charge in [-0.3, -0.25) is 0 Å². The maximum absolute atomic E-state index is 6.04. The zero-order valence-electron chi connectivity index (χ0n) is 11.7. The molecule has 0 aliphatic heterocycles. The SMILES string of the molecule is CCCCCCC(CNC)Cc1cccc(Cl)c1. The molecule has 1 aromatic carbocycles. The van der Waals surface area contributed by atoms with Crippen LogP contribution in [0, 0.1) is 5.92 Å². The van der Waals surface area contributed by atoms with E-state index in [1.807, 2.05) is 19.2 Å². The average Bonchev–Trinajstić information content (AvgIpc) is 2.35. The fraction of sp³-hybridized carbons (Fsp3) is 0.625. The molecule has 1 aromatic rings. The molecule has 1 N–H and O–H groups in total. The lowest BCUT2D eigenvalue weighted by atomic mass is 9.93. The first kappa shape index (κ1) is 15.5. The van der Waals surface area contributed by atoms with Crippen LogP contribution in [-0.4, -0.2) is 13.6 Å². The largest absolute Gasteiger partial charge is 0.319 e. The molecular formula is C16H26ClN. The summed E-state index contributed by atoms with van der Waals surface area (Å²) in [4.78, 5) is 0. The van der Waals surface area contributed by atoms with Crippen LogP contribution in [0.2, 0.25) is 5.02 Å². The normalized spacial score (nSPS) is 12.6. The first-order chi connectivity index (χ1) is 8.76. The van der Waals surface area contributed by atoms with Gasteiger partial charge >= 0.3 is 0 Å². The lowest BCUT2D eigenvalue weighted by Gasteiger charge is -2.16. The van der Waals surface area contributed by atoms with Crippen molar-refractivity contribution in [3.8, 4) is 0 Å². The minimum atomic E-state index is 0.727. The number of nitrogens with one attached hydrogen (secondary N) is 1. The molecule has 0 bridgehead atoms. The third-order valence-electron chi connectivity index (χ3n) is 3.37. The van der Waals surface area contributed by atoms with Crippen LogP contribution in [-0.2, 0) is 6.42 Å². The van der Waals surface area contributed by atoms with E-state index in [1.165, 1.54) is 37.7 Å². The fourth-order valence-corrected chi connectivity index (χ4v) is 2.63. The topological polar surface area (TPSA) is 12.0 Å². The van der Waals surface area contributed by atoms with Gasteiger partial charge in [-0.25, -0.2) is 0 Å². The van der Waals surface area contributed by atoms with Crippen molar-refractivity contribution >= 4 is 11.6 Å². The Morgan fingerprint density at radius 2 is 2.06 bits per heavy atom. The maximum atomic E-state index is 6.04. The van der Waals surface area contributed by atoms with E-state index in [4.69, 9.17) is 11.6 Å². The van der Waals surface area contributed by atoms with E-state index in [9.17, 15) is 0 Å². The van der Waals surface area contributed by atoms with Gasteiger partial charge in [0.25, 0.3) is 0 Å². The molecule has 0 aromatic heterocycles. The number of hydrogen-bond acceptors (Lipinski definition) is 1. The molecule has 2 heteroatoms. The summed E-state index contributed by atoms with van der Waals surface area (Å²) in [5.74, 6) is 0.727. The first-order valence-corrected chi connectivity index (χ1v) is 7.53. The van der Waals surface area contributed by atoms with E-state index < -0.39 is 0 Å². The van der Waals surface area contributed by atoms with Crippen molar-refractivity contribution in [1.82, 2.24) is 5.32 Å². The van der Waals surface area contributed by atoms with E-state index in [1.54, 1.807) is 0 Å². The van der Waals surface area contributed by atoms with E-state index in [0.717, 1.165) is 23.9 Å². The molecule has 1 atom stereocenters. The Labute approximate surface area is 117 Å². The molecule has 0 fully saturated rings. The van der Waals surface area contributed by atoms with E-state index >= 15 is 0 Å². The Morgan fingerprint density at radius 3 is 2.72 bits per heavy atom. The van der Waals surface area contributed by atoms with Gasteiger partial charge in [0.2, 0.25) is 0 Å². The molecular weight excluding hydrogens is 242 g/mol. The van der Waals surface area contributed by atoms with Gasteiger partial charge in [-0.2, -0.15) is 0 Å². The van der Waals surface area contributed by atoms with Crippen LogP contribution >= 0.6 is 11.6 Å². The van der Waals surface area contributed by atoms with Gasteiger partial charge in [0, 0.05) is 5.02 Å². The molecule has 1 nitrogen and oxygen atoms in total. The summed E-state index contributed by atoms with van der Waals surface area (Å²) in [6.45, 7) is 3.36. The molecule has 1 unspecified atom stereocenters. The second-order valence-electron chi connectivity index (χ2n) is 5.11. The number of rotatable bonds is 9. The van der Waals surface area contributed by atoms with Crippen LogP contribution in [0.4, 0.5) is 0 Å². The second-order valence-corrected chi connectivity index (χ2v) is 5.54. The standard InChI is InChI=1S/C16H26ClN/c1-3-4-5-6-8-15(13-18-2)11-14-9-7-10-16(17)12-14/h7,9-10,12,15,18H,3-6,8,11,13H2,1-2H3. The van der Waals surface area contributed by atoms with Gasteiger partial charge in [-0.05, 0) is 50.0 Å². The quantitative estimate of drug-likeness (QED) is 0.640. The highest BCUT2D eigenvalue weighted by atomic mass is 35.5. The van der Waals surface area contributed by atoms with Gasteiger partial charge in [0.05, 0.1) is 0 Å². The third-order valence-corrected chi connectivity index (χ3v) is 3.61. The molecule has 0 saturated carbocycles. The zero-order chi connectivity index (χ0) is 13.2. The summed E-state index contributed by atoms with van der Waals surface area (Å²) in [7, 11) is 2.04. The van der Waals surface area contributed by atoms with Crippen LogP contribution in [0.5, 0.6) is 0 Å². The van der Waals surface area contributed by atoms with Gasteiger partial charge in [-0.1, -0.05) is 56.3 Å². The number of halogens is 1. The Kier molecular flexibility index (Phi) is 8.11. The monoisotopic (exact) mass is 267 g/mol. The predicted molar refractivity (Wildman–Crippen MR) is 81.3 cm³/mol. The Morgan fingerprint density at radius 1 is 1.22 bits per heavy atom. The van der Waals surface area contributed by atoms with Crippen LogP contribution in [0.25, 0.3) is 0 Å². The lowest BCUT2D eigenvalue weighted by molar-refractivity contribution is 0.435. The van der Waals surface area contributed by atoms with Crippen molar-refractivity contribution < 1.29 is 0 Å². The zero-order valence-corrected chi connectivity index (χ0v) is 12.5. The molecule has 0 radical (unpaired) electrons. The van der Waals surface area contributed by atoms with Crippen molar-refractivity contribution in [3.63, 3.8) is 0 Å². The molecule has 0 aliphatic carbocycles. The summed E-state index contributed by atoms with van der Waals surface area (Å²) in [6.07, 6.45) is 7.84. The van der Waals surface area contributed by atoms with Crippen LogP contribution in [0.3, 0.4) is 0 Å². The first-order valence-electron chi connectivity index (χ1n) is 7.15. The minimum Gasteiger partial charge on any atom is -0.319 e. The van der Waals surface area contributed by atoms with Crippen molar-refractivity contribution in [3.05, 3.63) is 34.9 Å². The van der Waals surface area contributed by atoms with E-state index in [2.05, 4.69) is 24.4 Å². The lowest BCUT2D eigenvalue weighted by Crippen LogP contribution is -2.20. The van der Waals surface area contributed by atoms with Crippen molar-refractivity contribution in [2.45, 2.75) is 45.4 Å². The highest BCUT2D eigenvalue weighted by Gasteiger charge is 2.09. The van der Waals surface area contributed by atoms with Gasteiger partial charge < -0.3 is 5.32 Å².